The van der Waals surface area contributed by atoms with Crippen LogP contribution in [0.4, 0.5) is 0 Å². The summed E-state index contributed by atoms with van der Waals surface area (Å²) in [4.78, 5) is 0. The van der Waals surface area contributed by atoms with Crippen LogP contribution in [0.2, 0.25) is 0 Å². The Kier molecular flexibility index (Phi) is 15.7. The van der Waals surface area contributed by atoms with Gasteiger partial charge in [-0.15, -0.1) is 30.1 Å². The van der Waals surface area contributed by atoms with Gasteiger partial charge in [-0.25, -0.2) is 0 Å². The number of rotatable bonds is 10. The first kappa shape index (κ1) is 19.7. The molecule has 0 bridgehead atoms. The van der Waals surface area contributed by atoms with Crippen molar-refractivity contribution in [2.24, 2.45) is 5.92 Å². The minimum atomic E-state index is 0.443. The summed E-state index contributed by atoms with van der Waals surface area (Å²) in [6, 6.07) is 0. The largest absolute Gasteiger partial charge is 0.120 e. The molecule has 0 aromatic heterocycles. The smallest absolute Gasteiger partial charge is 0.0312 e. The second kappa shape index (κ2) is 16.7. The molecule has 0 saturated heterocycles. The van der Waals surface area contributed by atoms with Crippen molar-refractivity contribution in [2.75, 3.05) is 0 Å². The van der Waals surface area contributed by atoms with E-state index in [0.717, 1.165) is 38.5 Å². The average Bonchev–Trinajstić information content (AvgIpc) is 2.50. The van der Waals surface area contributed by atoms with Crippen LogP contribution in [0.5, 0.6) is 0 Å². The average molecular weight is 284 g/mol. The van der Waals surface area contributed by atoms with Crippen LogP contribution < -0.4 is 0 Å². The van der Waals surface area contributed by atoms with Crippen molar-refractivity contribution in [2.45, 2.75) is 90.9 Å². The molecule has 0 aliphatic carbocycles. The van der Waals surface area contributed by atoms with E-state index in [2.05, 4.69) is 43.4 Å². The van der Waals surface area contributed by atoms with Crippen LogP contribution in [0, 0.1) is 41.9 Å². The van der Waals surface area contributed by atoms with Crippen molar-refractivity contribution in [3.05, 3.63) is 0 Å². The molecular weight excluding hydrogens is 252 g/mol. The highest BCUT2D eigenvalue weighted by Gasteiger charge is 2.02. The molecule has 1 unspecified atom stereocenters. The van der Waals surface area contributed by atoms with E-state index < -0.39 is 0 Å². The summed E-state index contributed by atoms with van der Waals surface area (Å²) < 4.78 is 0. The lowest BCUT2D eigenvalue weighted by molar-refractivity contribution is 0.572. The quantitative estimate of drug-likeness (QED) is 0.343. The minimum absolute atomic E-state index is 0.443. The highest BCUT2D eigenvalue weighted by molar-refractivity contribution is 5.09. The summed E-state index contributed by atoms with van der Waals surface area (Å²) in [6.07, 6.45) is 18.8. The van der Waals surface area contributed by atoms with Gasteiger partial charge in [0.1, 0.15) is 0 Å². The molecule has 0 nitrogen and oxygen atoms in total. The minimum Gasteiger partial charge on any atom is -0.120 e. The maximum Gasteiger partial charge on any atom is 0.0312 e. The van der Waals surface area contributed by atoms with E-state index in [4.69, 9.17) is 6.42 Å². The number of hydrogen-bond acceptors (Lipinski definition) is 0. The zero-order valence-electron chi connectivity index (χ0n) is 14.1. The third kappa shape index (κ3) is 14.9. The van der Waals surface area contributed by atoms with Crippen molar-refractivity contribution in [3.63, 3.8) is 0 Å². The molecule has 0 fully saturated rings. The Morgan fingerprint density at radius 3 is 2.19 bits per heavy atom. The van der Waals surface area contributed by atoms with Crippen LogP contribution >= 0.6 is 0 Å². The molecule has 21 heavy (non-hydrogen) atoms. The van der Waals surface area contributed by atoms with Crippen LogP contribution in [0.25, 0.3) is 0 Å². The second-order valence-electron chi connectivity index (χ2n) is 5.59. The Hall–Kier alpha value is -1.32. The molecule has 0 rings (SSSR count). The lowest BCUT2D eigenvalue weighted by Gasteiger charge is -2.06. The first-order valence-electron chi connectivity index (χ1n) is 8.72. The van der Waals surface area contributed by atoms with Crippen molar-refractivity contribution in [1.29, 1.82) is 0 Å². The maximum atomic E-state index is 5.30. The van der Waals surface area contributed by atoms with Gasteiger partial charge in [0.05, 0.1) is 0 Å². The molecule has 0 spiro atoms. The number of terminal acetylenes is 1. The molecule has 0 N–H and O–H groups in total. The standard InChI is InChI=1S/C21H32/c1-4-7-10-13-16-19-21(18-15-12-9-6-3)20-17-14-11-8-5-2/h3,21H,4-5,7-13,15,18,20H2,1-2H3. The SMILES string of the molecule is C#CCCCCC(C#CCCCCC)CC#CCCCC. The fraction of sp³-hybridized carbons (Fsp3) is 0.714. The molecule has 0 aliphatic heterocycles. The lowest BCUT2D eigenvalue weighted by Crippen LogP contribution is -1.96. The summed E-state index contributed by atoms with van der Waals surface area (Å²) in [5.41, 5.74) is 0. The van der Waals surface area contributed by atoms with Crippen LogP contribution in [0.3, 0.4) is 0 Å². The van der Waals surface area contributed by atoms with Gasteiger partial charge in [0, 0.05) is 31.6 Å². The van der Waals surface area contributed by atoms with Gasteiger partial charge in [0.15, 0.2) is 0 Å². The fourth-order valence-corrected chi connectivity index (χ4v) is 2.07. The van der Waals surface area contributed by atoms with Gasteiger partial charge in [0.25, 0.3) is 0 Å². The van der Waals surface area contributed by atoms with Gasteiger partial charge in [-0.3, -0.25) is 0 Å². The molecule has 0 heterocycles. The molecule has 0 amide bonds. The van der Waals surface area contributed by atoms with E-state index in [1.165, 1.54) is 38.5 Å². The van der Waals surface area contributed by atoms with E-state index in [-0.39, 0.29) is 0 Å². The van der Waals surface area contributed by atoms with E-state index in [9.17, 15) is 0 Å². The zero-order valence-corrected chi connectivity index (χ0v) is 14.1. The van der Waals surface area contributed by atoms with Crippen molar-refractivity contribution >= 4 is 0 Å². The summed E-state index contributed by atoms with van der Waals surface area (Å²) in [6.45, 7) is 4.44. The molecule has 0 aromatic rings. The first-order valence-corrected chi connectivity index (χ1v) is 8.72. The van der Waals surface area contributed by atoms with Gasteiger partial charge in [-0.05, 0) is 25.7 Å². The molecule has 1 atom stereocenters. The highest BCUT2D eigenvalue weighted by Crippen LogP contribution is 2.13. The molecule has 0 aromatic carbocycles. The van der Waals surface area contributed by atoms with E-state index >= 15 is 0 Å². The van der Waals surface area contributed by atoms with Gasteiger partial charge in [-0.1, -0.05) is 45.5 Å². The van der Waals surface area contributed by atoms with Crippen molar-refractivity contribution in [1.82, 2.24) is 0 Å². The van der Waals surface area contributed by atoms with Crippen LogP contribution in [-0.2, 0) is 0 Å². The van der Waals surface area contributed by atoms with Crippen LogP contribution in [0.1, 0.15) is 90.9 Å². The van der Waals surface area contributed by atoms with Crippen molar-refractivity contribution < 1.29 is 0 Å². The van der Waals surface area contributed by atoms with Gasteiger partial charge in [0.2, 0.25) is 0 Å². The number of unbranched alkanes of at least 4 members (excludes halogenated alkanes) is 7. The Labute approximate surface area is 133 Å². The third-order valence-corrected chi connectivity index (χ3v) is 3.46. The zero-order chi connectivity index (χ0) is 15.6. The predicted molar refractivity (Wildman–Crippen MR) is 94.6 cm³/mol. The van der Waals surface area contributed by atoms with Crippen molar-refractivity contribution in [3.8, 4) is 36.0 Å². The molecule has 0 aliphatic rings. The molecule has 0 heteroatoms. The Morgan fingerprint density at radius 1 is 0.762 bits per heavy atom. The maximum absolute atomic E-state index is 5.30. The fourth-order valence-electron chi connectivity index (χ4n) is 2.07. The highest BCUT2D eigenvalue weighted by atomic mass is 14.1. The van der Waals surface area contributed by atoms with Crippen LogP contribution in [-0.4, -0.2) is 0 Å². The summed E-state index contributed by atoms with van der Waals surface area (Å²) in [5, 5.41) is 0. The first-order chi connectivity index (χ1) is 10.3. The van der Waals surface area contributed by atoms with Gasteiger partial charge >= 0.3 is 0 Å². The predicted octanol–water partition coefficient (Wildman–Crippen LogP) is 5.96. The second-order valence-corrected chi connectivity index (χ2v) is 5.59. The summed E-state index contributed by atoms with van der Waals surface area (Å²) in [5.74, 6) is 16.6. The summed E-state index contributed by atoms with van der Waals surface area (Å²) in [7, 11) is 0. The Bertz CT molecular complexity index is 374. The Morgan fingerprint density at radius 2 is 1.48 bits per heavy atom. The monoisotopic (exact) mass is 284 g/mol. The van der Waals surface area contributed by atoms with Crippen LogP contribution in [0.15, 0.2) is 0 Å². The van der Waals surface area contributed by atoms with E-state index in [0.29, 0.717) is 5.92 Å². The van der Waals surface area contributed by atoms with Gasteiger partial charge < -0.3 is 0 Å². The van der Waals surface area contributed by atoms with E-state index in [1.54, 1.807) is 0 Å². The normalized spacial score (nSPS) is 10.7. The Balaban J connectivity index is 4.12. The van der Waals surface area contributed by atoms with E-state index in [1.807, 2.05) is 0 Å². The molecule has 0 radical (unpaired) electrons. The molecular formula is C21H32. The third-order valence-electron chi connectivity index (χ3n) is 3.46. The number of hydrogen-bond donors (Lipinski definition) is 0. The van der Waals surface area contributed by atoms with Gasteiger partial charge in [-0.2, -0.15) is 0 Å². The molecule has 116 valence electrons. The lowest BCUT2D eigenvalue weighted by atomic mass is 9.98. The molecule has 0 saturated carbocycles. The topological polar surface area (TPSA) is 0 Å². The summed E-state index contributed by atoms with van der Waals surface area (Å²) >= 11 is 0.